The van der Waals surface area contributed by atoms with Gasteiger partial charge in [0, 0.05) is 11.9 Å². The van der Waals surface area contributed by atoms with E-state index in [2.05, 4.69) is 0 Å². The number of furan rings is 1. The molecular formula is C25H25NO6. The van der Waals surface area contributed by atoms with Gasteiger partial charge in [-0.15, -0.1) is 0 Å². The van der Waals surface area contributed by atoms with Gasteiger partial charge < -0.3 is 23.9 Å². The second-order valence-corrected chi connectivity index (χ2v) is 7.48. The molecule has 3 aromatic rings. The summed E-state index contributed by atoms with van der Waals surface area (Å²) in [6, 6.07) is 13.4. The van der Waals surface area contributed by atoms with Crippen molar-refractivity contribution in [3.63, 3.8) is 0 Å². The summed E-state index contributed by atoms with van der Waals surface area (Å²) in [5.41, 5.74) is 1.19. The van der Waals surface area contributed by atoms with Crippen molar-refractivity contribution < 1.29 is 28.6 Å². The first-order valence-corrected chi connectivity index (χ1v) is 10.6. The molecule has 32 heavy (non-hydrogen) atoms. The quantitative estimate of drug-likeness (QED) is 0.510. The van der Waals surface area contributed by atoms with Gasteiger partial charge in [-0.05, 0) is 43.2 Å². The third-order valence-electron chi connectivity index (χ3n) is 5.47. The molecule has 1 unspecified atom stereocenters. The number of ketones is 1. The normalized spacial score (nSPS) is 16.2. The van der Waals surface area contributed by atoms with E-state index < -0.39 is 23.5 Å². The minimum Gasteiger partial charge on any atom is -0.503 e. The van der Waals surface area contributed by atoms with E-state index in [-0.39, 0.29) is 11.3 Å². The second kappa shape index (κ2) is 8.78. The van der Waals surface area contributed by atoms with E-state index in [9.17, 15) is 14.7 Å². The molecule has 1 aliphatic heterocycles. The maximum atomic E-state index is 13.5. The highest BCUT2D eigenvalue weighted by Crippen LogP contribution is 2.42. The number of rotatable bonds is 8. The first-order valence-electron chi connectivity index (χ1n) is 10.6. The van der Waals surface area contributed by atoms with Crippen LogP contribution in [0.25, 0.3) is 11.0 Å². The molecular weight excluding hydrogens is 410 g/mol. The van der Waals surface area contributed by atoms with Gasteiger partial charge in [0.2, 0.25) is 5.78 Å². The molecule has 1 N–H and O–H groups in total. The number of ether oxygens (including phenoxy) is 2. The summed E-state index contributed by atoms with van der Waals surface area (Å²) in [5, 5.41) is 11.5. The van der Waals surface area contributed by atoms with Gasteiger partial charge in [-0.3, -0.25) is 9.59 Å². The average Bonchev–Trinajstić information content (AvgIpc) is 3.34. The Bertz CT molecular complexity index is 1180. The smallest absolute Gasteiger partial charge is 0.290 e. The third-order valence-corrected chi connectivity index (χ3v) is 5.47. The highest BCUT2D eigenvalue weighted by Gasteiger charge is 2.44. The van der Waals surface area contributed by atoms with Gasteiger partial charge in [-0.25, -0.2) is 0 Å². The topological polar surface area (TPSA) is 89.2 Å². The maximum Gasteiger partial charge on any atom is 0.290 e. The van der Waals surface area contributed by atoms with E-state index in [4.69, 9.17) is 13.9 Å². The van der Waals surface area contributed by atoms with Crippen LogP contribution in [-0.4, -0.2) is 42.0 Å². The number of aliphatic hydroxyl groups excluding tert-OH is 1. The molecule has 2 aromatic carbocycles. The lowest BCUT2D eigenvalue weighted by Gasteiger charge is -2.26. The van der Waals surface area contributed by atoms with Crippen LogP contribution >= 0.6 is 0 Å². The molecule has 1 aromatic heterocycles. The van der Waals surface area contributed by atoms with Crippen molar-refractivity contribution in [2.75, 3.05) is 20.3 Å². The van der Waals surface area contributed by atoms with E-state index in [1.807, 2.05) is 32.0 Å². The number of amides is 1. The van der Waals surface area contributed by atoms with Gasteiger partial charge in [0.1, 0.15) is 5.58 Å². The number of fused-ring (bicyclic) bond motifs is 1. The Hall–Kier alpha value is -3.74. The molecule has 1 atom stereocenters. The lowest BCUT2D eigenvalue weighted by molar-refractivity contribution is -0.129. The lowest BCUT2D eigenvalue weighted by Crippen LogP contribution is -2.31. The highest BCUT2D eigenvalue weighted by atomic mass is 16.5. The minimum absolute atomic E-state index is 0.00452. The fraction of sp³-hybridized carbons (Fsp3) is 0.280. The van der Waals surface area contributed by atoms with Crippen LogP contribution in [0.15, 0.2) is 64.3 Å². The monoisotopic (exact) mass is 435 g/mol. The van der Waals surface area contributed by atoms with Gasteiger partial charge in [-0.2, -0.15) is 0 Å². The molecule has 166 valence electrons. The van der Waals surface area contributed by atoms with E-state index in [1.165, 1.54) is 4.90 Å². The van der Waals surface area contributed by atoms with E-state index in [0.717, 1.165) is 5.39 Å². The van der Waals surface area contributed by atoms with E-state index >= 15 is 0 Å². The van der Waals surface area contributed by atoms with E-state index in [0.29, 0.717) is 42.2 Å². The summed E-state index contributed by atoms with van der Waals surface area (Å²) >= 11 is 0. The van der Waals surface area contributed by atoms with Crippen LogP contribution < -0.4 is 9.47 Å². The number of methoxy groups -OCH3 is 1. The van der Waals surface area contributed by atoms with Crippen molar-refractivity contribution >= 4 is 22.7 Å². The summed E-state index contributed by atoms with van der Waals surface area (Å²) in [5.74, 6) is -0.543. The SMILES string of the molecule is CCCN1C(=O)C(O)=C(C(=O)c2cc3ccccc3o2)C1c1ccc(OC)c(OCC)c1. The first-order chi connectivity index (χ1) is 15.5. The van der Waals surface area contributed by atoms with Crippen molar-refractivity contribution in [2.45, 2.75) is 26.3 Å². The van der Waals surface area contributed by atoms with Gasteiger partial charge >= 0.3 is 0 Å². The molecule has 0 saturated carbocycles. The third kappa shape index (κ3) is 3.60. The molecule has 2 heterocycles. The predicted octanol–water partition coefficient (Wildman–Crippen LogP) is 4.83. The molecule has 1 aliphatic rings. The zero-order valence-corrected chi connectivity index (χ0v) is 18.3. The average molecular weight is 435 g/mol. The fourth-order valence-corrected chi connectivity index (χ4v) is 4.06. The van der Waals surface area contributed by atoms with Gasteiger partial charge in [0.15, 0.2) is 23.0 Å². The Balaban J connectivity index is 1.82. The fourth-order valence-electron chi connectivity index (χ4n) is 4.06. The van der Waals surface area contributed by atoms with Crippen LogP contribution in [0.4, 0.5) is 0 Å². The Kier molecular flexibility index (Phi) is 5.90. The number of para-hydroxylation sites is 1. The molecule has 0 bridgehead atoms. The Morgan fingerprint density at radius 1 is 1.12 bits per heavy atom. The Morgan fingerprint density at radius 3 is 2.59 bits per heavy atom. The first kappa shape index (κ1) is 21.5. The molecule has 7 heteroatoms. The largest absolute Gasteiger partial charge is 0.503 e. The van der Waals surface area contributed by atoms with Crippen molar-refractivity contribution in [3.8, 4) is 11.5 Å². The van der Waals surface area contributed by atoms with Crippen molar-refractivity contribution in [1.82, 2.24) is 4.90 Å². The number of aliphatic hydroxyl groups is 1. The van der Waals surface area contributed by atoms with Gasteiger partial charge in [0.05, 0.1) is 25.3 Å². The van der Waals surface area contributed by atoms with Crippen molar-refractivity contribution in [2.24, 2.45) is 0 Å². The number of nitrogens with zero attached hydrogens (tertiary/aromatic N) is 1. The molecule has 0 fully saturated rings. The molecule has 0 aliphatic carbocycles. The number of carbonyl (C=O) groups excluding carboxylic acids is 2. The molecule has 0 radical (unpaired) electrons. The summed E-state index contributed by atoms with van der Waals surface area (Å²) in [4.78, 5) is 27.9. The highest BCUT2D eigenvalue weighted by molar-refractivity contribution is 6.16. The van der Waals surface area contributed by atoms with Crippen LogP contribution in [-0.2, 0) is 4.79 Å². The van der Waals surface area contributed by atoms with Crippen molar-refractivity contribution in [3.05, 3.63) is 71.2 Å². The molecule has 0 spiro atoms. The predicted molar refractivity (Wildman–Crippen MR) is 119 cm³/mol. The zero-order chi connectivity index (χ0) is 22.8. The molecule has 7 nitrogen and oxygen atoms in total. The van der Waals surface area contributed by atoms with Crippen LogP contribution in [0.3, 0.4) is 0 Å². The Labute approximate surface area is 185 Å². The van der Waals surface area contributed by atoms with Crippen LogP contribution in [0, 0.1) is 0 Å². The van der Waals surface area contributed by atoms with E-state index in [1.54, 1.807) is 37.4 Å². The molecule has 1 amide bonds. The minimum atomic E-state index is -0.770. The number of Topliss-reactive ketones (excluding diaryl/α,β-unsaturated/α-hetero) is 1. The molecule has 0 saturated heterocycles. The van der Waals surface area contributed by atoms with Crippen molar-refractivity contribution in [1.29, 1.82) is 0 Å². The molecule has 4 rings (SSSR count). The summed E-state index contributed by atoms with van der Waals surface area (Å²) in [6.45, 7) is 4.59. The van der Waals surface area contributed by atoms with Crippen LogP contribution in [0.2, 0.25) is 0 Å². The van der Waals surface area contributed by atoms with Gasteiger partial charge in [-0.1, -0.05) is 31.2 Å². The van der Waals surface area contributed by atoms with Crippen LogP contribution in [0.5, 0.6) is 11.5 Å². The van der Waals surface area contributed by atoms with Crippen LogP contribution in [0.1, 0.15) is 42.4 Å². The number of hydrogen-bond acceptors (Lipinski definition) is 6. The zero-order valence-electron chi connectivity index (χ0n) is 18.3. The number of carbonyl (C=O) groups is 2. The summed E-state index contributed by atoms with van der Waals surface area (Å²) in [7, 11) is 1.54. The number of benzene rings is 2. The maximum absolute atomic E-state index is 13.5. The standard InChI is InChI=1S/C25H25NO6/c1-4-12-26-22(16-10-11-18(30-3)19(14-16)31-5-2)21(24(28)25(26)29)23(27)20-13-15-8-6-7-9-17(15)32-20/h6-11,13-14,22,28H,4-5,12H2,1-3H3. The second-order valence-electron chi connectivity index (χ2n) is 7.48. The summed E-state index contributed by atoms with van der Waals surface area (Å²) in [6.07, 6.45) is 0.663. The lowest BCUT2D eigenvalue weighted by atomic mass is 9.94. The van der Waals surface area contributed by atoms with Gasteiger partial charge in [0.25, 0.3) is 5.91 Å². The summed E-state index contributed by atoms with van der Waals surface area (Å²) < 4.78 is 16.8. The number of hydrogen-bond donors (Lipinski definition) is 1. The Morgan fingerprint density at radius 2 is 1.91 bits per heavy atom.